The highest BCUT2D eigenvalue weighted by Gasteiger charge is 2.46. The fraction of sp³-hybridized carbons (Fsp3) is 0. The summed E-state index contributed by atoms with van der Waals surface area (Å²) < 4.78 is 5.12. The lowest BCUT2D eigenvalue weighted by Gasteiger charge is -2.46. The number of anilines is 6. The van der Waals surface area contributed by atoms with E-state index >= 15 is 0 Å². The van der Waals surface area contributed by atoms with Crippen molar-refractivity contribution < 1.29 is 0 Å². The van der Waals surface area contributed by atoms with Crippen molar-refractivity contribution in [1.82, 2.24) is 4.57 Å². The fourth-order valence-electron chi connectivity index (χ4n) is 19.1. The second-order valence-electron chi connectivity index (χ2n) is 30.5. The zero-order valence-corrected chi connectivity index (χ0v) is 63.6. The van der Waals surface area contributed by atoms with Gasteiger partial charge in [0.25, 0.3) is 6.71 Å². The molecule has 3 nitrogen and oxygen atoms in total. The zero-order chi connectivity index (χ0) is 75.6. The van der Waals surface area contributed by atoms with Crippen LogP contribution in [0.5, 0.6) is 0 Å². The van der Waals surface area contributed by atoms with Crippen molar-refractivity contribution in [3.63, 3.8) is 0 Å². The van der Waals surface area contributed by atoms with Crippen molar-refractivity contribution in [2.75, 3.05) is 9.80 Å². The Morgan fingerprint density at radius 1 is 0.200 bits per heavy atom. The molecular formula is C110H70BN3S. The second kappa shape index (κ2) is 27.1. The van der Waals surface area contributed by atoms with Gasteiger partial charge >= 0.3 is 0 Å². The van der Waals surface area contributed by atoms with Gasteiger partial charge in [-0.05, 0) is 195 Å². The highest BCUT2D eigenvalue weighted by Crippen LogP contribution is 2.57. The molecule has 534 valence electrons. The monoisotopic (exact) mass is 1480 g/mol. The van der Waals surface area contributed by atoms with Crippen LogP contribution in [0.15, 0.2) is 425 Å². The molecule has 5 heteroatoms. The lowest BCUT2D eigenvalue weighted by Crippen LogP contribution is -2.61. The second-order valence-corrected chi connectivity index (χ2v) is 31.6. The first kappa shape index (κ1) is 66.2. The summed E-state index contributed by atoms with van der Waals surface area (Å²) in [5.41, 5.74) is 33.9. The van der Waals surface area contributed by atoms with E-state index in [1.54, 1.807) is 0 Å². The Labute approximate surface area is 672 Å². The Morgan fingerprint density at radius 2 is 0.522 bits per heavy atom. The maximum absolute atomic E-state index is 2.74. The number of para-hydroxylation sites is 2. The van der Waals surface area contributed by atoms with Gasteiger partial charge in [0.15, 0.2) is 0 Å². The van der Waals surface area contributed by atoms with Gasteiger partial charge in [-0.3, -0.25) is 0 Å². The van der Waals surface area contributed by atoms with Crippen LogP contribution in [0.2, 0.25) is 0 Å². The van der Waals surface area contributed by atoms with E-state index in [-0.39, 0.29) is 6.71 Å². The highest BCUT2D eigenvalue weighted by atomic mass is 32.1. The number of thiophene rings is 1. The summed E-state index contributed by atoms with van der Waals surface area (Å²) in [6.07, 6.45) is 0. The van der Waals surface area contributed by atoms with Gasteiger partial charge in [0.1, 0.15) is 0 Å². The van der Waals surface area contributed by atoms with Crippen LogP contribution in [0.25, 0.3) is 169 Å². The molecule has 0 aliphatic carbocycles. The van der Waals surface area contributed by atoms with Gasteiger partial charge in [0, 0.05) is 75.9 Å². The van der Waals surface area contributed by atoms with E-state index < -0.39 is 0 Å². The molecule has 0 amide bonds. The van der Waals surface area contributed by atoms with Gasteiger partial charge in [-0.2, -0.15) is 0 Å². The van der Waals surface area contributed by atoms with Crippen LogP contribution in [0, 0.1) is 0 Å². The van der Waals surface area contributed by atoms with Gasteiger partial charge in [-0.25, -0.2) is 0 Å². The Kier molecular flexibility index (Phi) is 15.6. The van der Waals surface area contributed by atoms with Crippen LogP contribution >= 0.6 is 11.3 Å². The molecule has 0 N–H and O–H groups in total. The van der Waals surface area contributed by atoms with Crippen LogP contribution < -0.4 is 26.2 Å². The standard InChI is InChI=1S/C110H70BN3S/c1-8-32-71(33-9-1)81-63-91(73-36-12-3-13-37-73)109(92(64-81)74-38-14-4-15-39-74)113-100-67-79(78-58-61-105-95(62-78)86-48-28-31-55-104(86)115-105)56-59-96(100)111-97-60-57-80(107-89-51-24-22-49-87(89)106(77-44-20-7-21-45-77)88-50-23-25-52-90(88)107)68-101(97)114(103-70-83(69-102(113)108(103)111)112-98-53-29-26-46-84(98)85-47-27-30-54-99(85)112)110-93(75-40-16-5-17-41-75)65-82(72-34-10-2-11-35-72)66-94(110)76-42-18-6-19-43-76/h1-70H. The summed E-state index contributed by atoms with van der Waals surface area (Å²) in [6.45, 7) is -0.317. The molecule has 115 heavy (non-hydrogen) atoms. The molecule has 0 saturated carbocycles. The topological polar surface area (TPSA) is 11.4 Å². The Bertz CT molecular complexity index is 7210. The van der Waals surface area contributed by atoms with Crippen molar-refractivity contribution in [1.29, 1.82) is 0 Å². The number of aromatic nitrogens is 1. The van der Waals surface area contributed by atoms with Crippen LogP contribution in [0.1, 0.15) is 0 Å². The molecule has 21 aromatic rings. The summed E-state index contributed by atoms with van der Waals surface area (Å²) in [5.74, 6) is 0. The first-order valence-corrected chi connectivity index (χ1v) is 40.5. The molecular weight excluding hydrogens is 1410 g/mol. The minimum atomic E-state index is -0.317. The number of fused-ring (bicyclic) bond motifs is 12. The molecule has 4 heterocycles. The highest BCUT2D eigenvalue weighted by molar-refractivity contribution is 7.25. The summed E-state index contributed by atoms with van der Waals surface area (Å²) in [4.78, 5) is 5.46. The SMILES string of the molecule is c1ccc(-c2cc(-c3ccccc3)c(N3c4cc(-c5ccc6sc7ccccc7c6c5)ccc4B4c5ccc(-c6c7ccccc7c(-c7ccccc7)c7ccccc67)cc5N(c5c(-c6ccccc6)cc(-c6ccccc6)cc5-c5ccccc5)c5cc(-n6c7ccccc7c7ccccc76)cc3c54)c(-c3ccccc3)c2)cc1. The number of benzene rings is 19. The molecule has 2 aromatic heterocycles. The Morgan fingerprint density at radius 3 is 0.957 bits per heavy atom. The average molecular weight is 1480 g/mol. The van der Waals surface area contributed by atoms with Crippen molar-refractivity contribution in [2.24, 2.45) is 0 Å². The third kappa shape index (κ3) is 10.8. The molecule has 2 aliphatic rings. The summed E-state index contributed by atoms with van der Waals surface area (Å²) in [5, 5.41) is 9.74. The summed E-state index contributed by atoms with van der Waals surface area (Å²) in [7, 11) is 0. The lowest BCUT2D eigenvalue weighted by molar-refractivity contribution is 1.16. The van der Waals surface area contributed by atoms with Gasteiger partial charge < -0.3 is 14.4 Å². The van der Waals surface area contributed by atoms with Gasteiger partial charge in [0.05, 0.1) is 28.1 Å². The molecule has 0 spiro atoms. The normalized spacial score (nSPS) is 12.3. The first-order chi connectivity index (χ1) is 57.1. The quantitative estimate of drug-likeness (QED) is 0.0892. The van der Waals surface area contributed by atoms with Crippen molar-refractivity contribution in [3.05, 3.63) is 425 Å². The fourth-order valence-corrected chi connectivity index (χ4v) is 20.2. The molecule has 0 bridgehead atoms. The van der Waals surface area contributed by atoms with Crippen molar-refractivity contribution >= 4 is 132 Å². The maximum Gasteiger partial charge on any atom is 0.252 e. The van der Waals surface area contributed by atoms with E-state index in [1.807, 2.05) is 11.3 Å². The lowest BCUT2D eigenvalue weighted by atomic mass is 9.33. The number of nitrogens with zero attached hydrogens (tertiary/aromatic N) is 3. The molecule has 0 unspecified atom stereocenters. The largest absolute Gasteiger partial charge is 0.310 e. The minimum Gasteiger partial charge on any atom is -0.310 e. The van der Waals surface area contributed by atoms with Gasteiger partial charge in [-0.15, -0.1) is 11.3 Å². The number of hydrogen-bond acceptors (Lipinski definition) is 3. The molecule has 23 rings (SSSR count). The molecule has 2 aliphatic heterocycles. The smallest absolute Gasteiger partial charge is 0.252 e. The van der Waals surface area contributed by atoms with Crippen LogP contribution in [-0.2, 0) is 0 Å². The summed E-state index contributed by atoms with van der Waals surface area (Å²) >= 11 is 1.87. The number of rotatable bonds is 12. The maximum atomic E-state index is 2.74. The molecule has 0 fully saturated rings. The molecule has 19 aromatic carbocycles. The van der Waals surface area contributed by atoms with Crippen molar-refractivity contribution in [3.8, 4) is 106 Å². The molecule has 0 radical (unpaired) electrons. The third-order valence-corrected chi connectivity index (χ3v) is 25.3. The van der Waals surface area contributed by atoms with E-state index in [1.165, 1.54) is 85.6 Å². The van der Waals surface area contributed by atoms with Crippen molar-refractivity contribution in [2.45, 2.75) is 0 Å². The Hall–Kier alpha value is -14.6. The van der Waals surface area contributed by atoms with Crippen LogP contribution in [-0.4, -0.2) is 11.3 Å². The summed E-state index contributed by atoms with van der Waals surface area (Å²) in [6, 6.07) is 160. The third-order valence-electron chi connectivity index (χ3n) is 24.1. The van der Waals surface area contributed by atoms with Gasteiger partial charge in [-0.1, -0.05) is 346 Å². The molecule has 0 atom stereocenters. The zero-order valence-electron chi connectivity index (χ0n) is 62.7. The van der Waals surface area contributed by atoms with E-state index in [9.17, 15) is 0 Å². The first-order valence-electron chi connectivity index (χ1n) is 39.7. The predicted octanol–water partition coefficient (Wildman–Crippen LogP) is 28.5. The Balaban J connectivity index is 0.916. The van der Waals surface area contributed by atoms with Crippen LogP contribution in [0.4, 0.5) is 34.1 Å². The average Bonchev–Trinajstić information content (AvgIpc) is 0.989. The van der Waals surface area contributed by atoms with Gasteiger partial charge in [0.2, 0.25) is 0 Å². The van der Waals surface area contributed by atoms with E-state index in [2.05, 4.69) is 439 Å². The van der Waals surface area contributed by atoms with E-state index in [4.69, 9.17) is 0 Å². The van der Waals surface area contributed by atoms with Crippen LogP contribution in [0.3, 0.4) is 0 Å². The molecule has 0 saturated heterocycles. The van der Waals surface area contributed by atoms with E-state index in [0.717, 1.165) is 134 Å². The minimum absolute atomic E-state index is 0.317. The predicted molar refractivity (Wildman–Crippen MR) is 492 cm³/mol. The van der Waals surface area contributed by atoms with E-state index in [0.29, 0.717) is 0 Å². The number of hydrogen-bond donors (Lipinski definition) is 0.